The molecule has 1 amide bonds. The number of carbonyl (C=O) groups is 1. The maximum atomic E-state index is 11.7. The van der Waals surface area contributed by atoms with E-state index in [0.29, 0.717) is 18.7 Å². The predicted octanol–water partition coefficient (Wildman–Crippen LogP) is 1.17. The van der Waals surface area contributed by atoms with Crippen LogP contribution < -0.4 is 10.1 Å². The number of benzene rings is 1. The van der Waals surface area contributed by atoms with E-state index in [1.807, 2.05) is 0 Å². The van der Waals surface area contributed by atoms with Crippen molar-refractivity contribution in [1.82, 2.24) is 5.32 Å². The highest BCUT2D eigenvalue weighted by atomic mass is 16.5. The minimum Gasteiger partial charge on any atom is -0.504 e. The van der Waals surface area contributed by atoms with Crippen molar-refractivity contribution in [3.63, 3.8) is 0 Å². The molecule has 1 rings (SSSR count). The van der Waals surface area contributed by atoms with E-state index in [1.165, 1.54) is 19.2 Å². The van der Waals surface area contributed by atoms with Gasteiger partial charge in [-0.3, -0.25) is 4.79 Å². The molecule has 0 saturated carbocycles. The lowest BCUT2D eigenvalue weighted by atomic mass is 10.2. The smallest absolute Gasteiger partial charge is 0.251 e. The molecule has 0 aliphatic heterocycles. The van der Waals surface area contributed by atoms with Crippen molar-refractivity contribution in [3.05, 3.63) is 23.8 Å². The molecule has 0 spiro atoms. The predicted molar refractivity (Wildman–Crippen MR) is 63.5 cm³/mol. The van der Waals surface area contributed by atoms with Gasteiger partial charge in [-0.15, -0.1) is 0 Å². The number of ether oxygens (including phenoxy) is 2. The lowest BCUT2D eigenvalue weighted by molar-refractivity contribution is 0.0948. The first-order valence-corrected chi connectivity index (χ1v) is 5.33. The van der Waals surface area contributed by atoms with Crippen LogP contribution in [0.4, 0.5) is 0 Å². The van der Waals surface area contributed by atoms with E-state index >= 15 is 0 Å². The minimum atomic E-state index is -0.195. The second-order valence-corrected chi connectivity index (χ2v) is 3.49. The molecule has 0 aromatic heterocycles. The number of hydrogen-bond acceptors (Lipinski definition) is 4. The van der Waals surface area contributed by atoms with E-state index in [2.05, 4.69) is 5.32 Å². The highest BCUT2D eigenvalue weighted by Crippen LogP contribution is 2.26. The van der Waals surface area contributed by atoms with E-state index in [9.17, 15) is 9.90 Å². The average molecular weight is 239 g/mol. The monoisotopic (exact) mass is 239 g/mol. The van der Waals surface area contributed by atoms with Crippen molar-refractivity contribution in [1.29, 1.82) is 0 Å². The number of carbonyl (C=O) groups excluding carboxylic acids is 1. The van der Waals surface area contributed by atoms with E-state index in [-0.39, 0.29) is 17.4 Å². The maximum Gasteiger partial charge on any atom is 0.251 e. The molecule has 0 radical (unpaired) electrons. The van der Waals surface area contributed by atoms with Gasteiger partial charge in [-0.2, -0.15) is 0 Å². The molecule has 0 unspecified atom stereocenters. The number of phenolic OH excluding ortho intramolecular Hbond substituents is 1. The Labute approximate surface area is 100 Å². The number of nitrogens with one attached hydrogen (secondary N) is 1. The molecule has 17 heavy (non-hydrogen) atoms. The summed E-state index contributed by atoms with van der Waals surface area (Å²) in [5.74, 6) is 0.109. The van der Waals surface area contributed by atoms with Crippen molar-refractivity contribution in [2.45, 2.75) is 6.42 Å². The van der Waals surface area contributed by atoms with E-state index < -0.39 is 0 Å². The molecular formula is C12H17NO4. The van der Waals surface area contributed by atoms with Gasteiger partial charge in [-0.25, -0.2) is 0 Å². The lowest BCUT2D eigenvalue weighted by Gasteiger charge is -2.07. The third kappa shape index (κ3) is 3.96. The van der Waals surface area contributed by atoms with Crippen LogP contribution in [0, 0.1) is 0 Å². The number of hydrogen-bond donors (Lipinski definition) is 2. The van der Waals surface area contributed by atoms with Crippen LogP contribution in [-0.4, -0.2) is 38.4 Å². The van der Waals surface area contributed by atoms with E-state index in [4.69, 9.17) is 9.47 Å². The molecule has 5 heteroatoms. The van der Waals surface area contributed by atoms with Crippen molar-refractivity contribution < 1.29 is 19.4 Å². The van der Waals surface area contributed by atoms with Crippen LogP contribution in [0.2, 0.25) is 0 Å². The number of aromatic hydroxyl groups is 1. The molecule has 5 nitrogen and oxygen atoms in total. The van der Waals surface area contributed by atoms with Crippen LogP contribution in [0.1, 0.15) is 16.8 Å². The molecule has 2 N–H and O–H groups in total. The van der Waals surface area contributed by atoms with Gasteiger partial charge < -0.3 is 19.9 Å². The fourth-order valence-corrected chi connectivity index (χ4v) is 1.34. The zero-order valence-electron chi connectivity index (χ0n) is 10.0. The zero-order valence-corrected chi connectivity index (χ0v) is 10.0. The van der Waals surface area contributed by atoms with Crippen molar-refractivity contribution in [3.8, 4) is 11.5 Å². The Morgan fingerprint density at radius 2 is 2.18 bits per heavy atom. The number of rotatable bonds is 6. The second-order valence-electron chi connectivity index (χ2n) is 3.49. The minimum absolute atomic E-state index is 0.0171. The van der Waals surface area contributed by atoms with Gasteiger partial charge >= 0.3 is 0 Å². The zero-order chi connectivity index (χ0) is 12.7. The van der Waals surface area contributed by atoms with Crippen LogP contribution in [-0.2, 0) is 4.74 Å². The van der Waals surface area contributed by atoms with E-state index in [0.717, 1.165) is 6.42 Å². The first-order valence-electron chi connectivity index (χ1n) is 5.33. The van der Waals surface area contributed by atoms with E-state index in [1.54, 1.807) is 13.2 Å². The van der Waals surface area contributed by atoms with Gasteiger partial charge in [0.05, 0.1) is 7.11 Å². The summed E-state index contributed by atoms with van der Waals surface area (Å²) >= 11 is 0. The third-order valence-corrected chi connectivity index (χ3v) is 2.25. The topological polar surface area (TPSA) is 67.8 Å². The Bertz CT molecular complexity index is 379. The van der Waals surface area contributed by atoms with Gasteiger partial charge in [0.2, 0.25) is 0 Å². The summed E-state index contributed by atoms with van der Waals surface area (Å²) in [7, 11) is 3.06. The summed E-state index contributed by atoms with van der Waals surface area (Å²) in [5.41, 5.74) is 0.456. The Kier molecular flexibility index (Phi) is 5.29. The molecule has 0 saturated heterocycles. The molecule has 0 bridgehead atoms. The van der Waals surface area contributed by atoms with Crippen LogP contribution in [0.15, 0.2) is 18.2 Å². The summed E-state index contributed by atoms with van der Waals surface area (Å²) in [5, 5.41) is 12.1. The SMILES string of the molecule is COCCCNC(=O)c1ccc(O)c(OC)c1. The van der Waals surface area contributed by atoms with Crippen molar-refractivity contribution in [2.24, 2.45) is 0 Å². The summed E-state index contributed by atoms with van der Waals surface area (Å²) in [6, 6.07) is 4.48. The summed E-state index contributed by atoms with van der Waals surface area (Å²) in [6.07, 6.45) is 0.761. The van der Waals surface area contributed by atoms with Crippen molar-refractivity contribution >= 4 is 5.91 Å². The highest BCUT2D eigenvalue weighted by molar-refractivity contribution is 5.94. The molecule has 0 heterocycles. The number of amides is 1. The van der Waals surface area contributed by atoms with Crippen LogP contribution >= 0.6 is 0 Å². The van der Waals surface area contributed by atoms with Gasteiger partial charge in [0.1, 0.15) is 0 Å². The quantitative estimate of drug-likeness (QED) is 0.731. The van der Waals surface area contributed by atoms with Crippen LogP contribution in [0.25, 0.3) is 0 Å². The Hall–Kier alpha value is -1.75. The molecule has 94 valence electrons. The van der Waals surface area contributed by atoms with Gasteiger partial charge in [0.25, 0.3) is 5.91 Å². The highest BCUT2D eigenvalue weighted by Gasteiger charge is 2.08. The van der Waals surface area contributed by atoms with Crippen molar-refractivity contribution in [2.75, 3.05) is 27.4 Å². The third-order valence-electron chi connectivity index (χ3n) is 2.25. The molecule has 1 aromatic rings. The van der Waals surface area contributed by atoms with Gasteiger partial charge in [-0.05, 0) is 24.6 Å². The second kappa shape index (κ2) is 6.75. The summed E-state index contributed by atoms with van der Waals surface area (Å²) in [4.78, 5) is 11.7. The largest absolute Gasteiger partial charge is 0.504 e. The van der Waals surface area contributed by atoms with Gasteiger partial charge in [0.15, 0.2) is 11.5 Å². The molecule has 0 aliphatic rings. The number of methoxy groups -OCH3 is 2. The van der Waals surface area contributed by atoms with Crippen LogP contribution in [0.5, 0.6) is 11.5 Å². The van der Waals surface area contributed by atoms with Gasteiger partial charge in [0, 0.05) is 25.8 Å². The Morgan fingerprint density at radius 3 is 2.82 bits per heavy atom. The molecule has 0 atom stereocenters. The lowest BCUT2D eigenvalue weighted by Crippen LogP contribution is -2.25. The first kappa shape index (κ1) is 13.3. The van der Waals surface area contributed by atoms with Crippen LogP contribution in [0.3, 0.4) is 0 Å². The standard InChI is InChI=1S/C12H17NO4/c1-16-7-3-6-13-12(15)9-4-5-10(14)11(8-9)17-2/h4-5,8,14H,3,6-7H2,1-2H3,(H,13,15). The Morgan fingerprint density at radius 1 is 1.41 bits per heavy atom. The molecule has 0 fully saturated rings. The normalized spacial score (nSPS) is 10.0. The fraction of sp³-hybridized carbons (Fsp3) is 0.417. The Balaban J connectivity index is 2.57. The first-order chi connectivity index (χ1) is 8.19. The van der Waals surface area contributed by atoms with Gasteiger partial charge in [-0.1, -0.05) is 0 Å². The maximum absolute atomic E-state index is 11.7. The average Bonchev–Trinajstić information content (AvgIpc) is 2.35. The summed E-state index contributed by atoms with van der Waals surface area (Å²) in [6.45, 7) is 1.16. The fourth-order valence-electron chi connectivity index (χ4n) is 1.34. The molecule has 0 aliphatic carbocycles. The number of phenols is 1. The molecule has 1 aromatic carbocycles. The molecular weight excluding hydrogens is 222 g/mol. The summed E-state index contributed by atoms with van der Waals surface area (Å²) < 4.78 is 9.81.